The van der Waals surface area contributed by atoms with E-state index < -0.39 is 0 Å². The molecule has 1 unspecified atom stereocenters. The van der Waals surface area contributed by atoms with Crippen molar-refractivity contribution in [2.75, 3.05) is 20.2 Å². The summed E-state index contributed by atoms with van der Waals surface area (Å²) in [6.45, 7) is 3.42. The fourth-order valence-corrected chi connectivity index (χ4v) is 2.77. The standard InChI is InChI=1S/C13H28N2O/c1-3-11-4-6-13(7-5-11)15(2)10-12(14)8-9-16/h11-13,16H,3-10,14H2,1-2H3. The van der Waals surface area contributed by atoms with Gasteiger partial charge in [0, 0.05) is 25.2 Å². The van der Waals surface area contributed by atoms with Gasteiger partial charge in [-0.25, -0.2) is 0 Å². The number of nitrogens with two attached hydrogens (primary N) is 1. The van der Waals surface area contributed by atoms with E-state index in [9.17, 15) is 0 Å². The lowest BCUT2D eigenvalue weighted by Crippen LogP contribution is -2.42. The van der Waals surface area contributed by atoms with Gasteiger partial charge < -0.3 is 15.7 Å². The molecule has 1 saturated carbocycles. The average Bonchev–Trinajstić information content (AvgIpc) is 2.29. The Balaban J connectivity index is 2.24. The lowest BCUT2D eigenvalue weighted by molar-refractivity contribution is 0.150. The Morgan fingerprint density at radius 2 is 1.94 bits per heavy atom. The molecule has 0 radical (unpaired) electrons. The van der Waals surface area contributed by atoms with E-state index >= 15 is 0 Å². The summed E-state index contributed by atoms with van der Waals surface area (Å²) in [5, 5.41) is 8.83. The number of rotatable bonds is 6. The summed E-state index contributed by atoms with van der Waals surface area (Å²) in [5.41, 5.74) is 5.94. The van der Waals surface area contributed by atoms with E-state index in [1.54, 1.807) is 0 Å². The third-order valence-corrected chi connectivity index (χ3v) is 4.04. The molecule has 0 heterocycles. The van der Waals surface area contributed by atoms with Crippen LogP contribution in [0.2, 0.25) is 0 Å². The second kappa shape index (κ2) is 7.25. The highest BCUT2D eigenvalue weighted by atomic mass is 16.3. The number of hydrogen-bond acceptors (Lipinski definition) is 3. The van der Waals surface area contributed by atoms with E-state index in [2.05, 4.69) is 18.9 Å². The molecule has 3 N–H and O–H groups in total. The van der Waals surface area contributed by atoms with Crippen LogP contribution in [-0.2, 0) is 0 Å². The van der Waals surface area contributed by atoms with Crippen molar-refractivity contribution in [2.24, 2.45) is 11.7 Å². The molecule has 0 saturated heterocycles. The molecule has 3 nitrogen and oxygen atoms in total. The van der Waals surface area contributed by atoms with Crippen LogP contribution in [0.1, 0.15) is 45.4 Å². The molecule has 1 atom stereocenters. The Labute approximate surface area is 100 Å². The number of nitrogens with zero attached hydrogens (tertiary/aromatic N) is 1. The summed E-state index contributed by atoms with van der Waals surface area (Å²) in [7, 11) is 2.17. The van der Waals surface area contributed by atoms with E-state index in [0.717, 1.165) is 12.5 Å². The first-order valence-corrected chi connectivity index (χ1v) is 6.74. The van der Waals surface area contributed by atoms with Gasteiger partial charge in [-0.2, -0.15) is 0 Å². The maximum absolute atomic E-state index is 8.83. The average molecular weight is 228 g/mol. The summed E-state index contributed by atoms with van der Waals surface area (Å²) >= 11 is 0. The fourth-order valence-electron chi connectivity index (χ4n) is 2.77. The van der Waals surface area contributed by atoms with Gasteiger partial charge >= 0.3 is 0 Å². The number of hydrogen-bond donors (Lipinski definition) is 2. The maximum atomic E-state index is 8.83. The second-order valence-electron chi connectivity index (χ2n) is 5.29. The molecule has 0 aliphatic heterocycles. The van der Waals surface area contributed by atoms with Crippen molar-refractivity contribution in [3.05, 3.63) is 0 Å². The van der Waals surface area contributed by atoms with Crippen molar-refractivity contribution >= 4 is 0 Å². The molecule has 0 aromatic heterocycles. The summed E-state index contributed by atoms with van der Waals surface area (Å²) < 4.78 is 0. The van der Waals surface area contributed by atoms with Crippen LogP contribution in [0.25, 0.3) is 0 Å². The van der Waals surface area contributed by atoms with Gasteiger partial charge in [0.2, 0.25) is 0 Å². The quantitative estimate of drug-likeness (QED) is 0.726. The van der Waals surface area contributed by atoms with Crippen molar-refractivity contribution in [1.82, 2.24) is 4.90 Å². The summed E-state index contributed by atoms with van der Waals surface area (Å²) in [6.07, 6.45) is 7.44. The van der Waals surface area contributed by atoms with Crippen LogP contribution in [-0.4, -0.2) is 42.3 Å². The van der Waals surface area contributed by atoms with Gasteiger partial charge in [-0.3, -0.25) is 0 Å². The molecule has 1 aliphatic carbocycles. The van der Waals surface area contributed by atoms with Crippen LogP contribution in [0.4, 0.5) is 0 Å². The minimum atomic E-state index is 0.124. The molecule has 16 heavy (non-hydrogen) atoms. The molecule has 1 rings (SSSR count). The van der Waals surface area contributed by atoms with Crippen molar-refractivity contribution < 1.29 is 5.11 Å². The van der Waals surface area contributed by atoms with Gasteiger partial charge in [0.05, 0.1) is 0 Å². The van der Waals surface area contributed by atoms with Crippen molar-refractivity contribution in [1.29, 1.82) is 0 Å². The van der Waals surface area contributed by atoms with E-state index in [-0.39, 0.29) is 12.6 Å². The largest absolute Gasteiger partial charge is 0.396 e. The second-order valence-corrected chi connectivity index (χ2v) is 5.29. The molecular weight excluding hydrogens is 200 g/mol. The third kappa shape index (κ3) is 4.40. The molecule has 0 bridgehead atoms. The van der Waals surface area contributed by atoms with Gasteiger partial charge in [-0.1, -0.05) is 13.3 Å². The first-order valence-electron chi connectivity index (χ1n) is 6.74. The Bertz CT molecular complexity index is 179. The summed E-state index contributed by atoms with van der Waals surface area (Å²) in [5.74, 6) is 0.954. The molecule has 1 fully saturated rings. The summed E-state index contributed by atoms with van der Waals surface area (Å²) in [6, 6.07) is 0.839. The van der Waals surface area contributed by atoms with Crippen molar-refractivity contribution in [3.8, 4) is 0 Å². The van der Waals surface area contributed by atoms with Crippen LogP contribution < -0.4 is 5.73 Å². The predicted molar refractivity (Wildman–Crippen MR) is 68.3 cm³/mol. The van der Waals surface area contributed by atoms with E-state index in [0.29, 0.717) is 12.5 Å². The normalized spacial score (nSPS) is 28.3. The summed E-state index contributed by atoms with van der Waals surface area (Å²) in [4.78, 5) is 2.40. The lowest BCUT2D eigenvalue weighted by atomic mass is 9.84. The Morgan fingerprint density at radius 1 is 1.31 bits per heavy atom. The molecule has 0 spiro atoms. The zero-order valence-electron chi connectivity index (χ0n) is 10.9. The highest BCUT2D eigenvalue weighted by molar-refractivity contribution is 4.79. The first-order chi connectivity index (χ1) is 7.67. The maximum Gasteiger partial charge on any atom is 0.0446 e. The van der Waals surface area contributed by atoms with Gasteiger partial charge in [-0.05, 0) is 45.1 Å². The molecule has 3 heteroatoms. The third-order valence-electron chi connectivity index (χ3n) is 4.04. The smallest absolute Gasteiger partial charge is 0.0446 e. The van der Waals surface area contributed by atoms with Gasteiger partial charge in [0.15, 0.2) is 0 Å². The highest BCUT2D eigenvalue weighted by Gasteiger charge is 2.23. The zero-order valence-corrected chi connectivity index (χ0v) is 10.9. The lowest BCUT2D eigenvalue weighted by Gasteiger charge is -2.35. The number of aliphatic hydroxyl groups excluding tert-OH is 1. The predicted octanol–water partition coefficient (Wildman–Crippen LogP) is 1.60. The monoisotopic (exact) mass is 228 g/mol. The van der Waals surface area contributed by atoms with Crippen molar-refractivity contribution in [3.63, 3.8) is 0 Å². The SMILES string of the molecule is CCC1CCC(N(C)CC(N)CCO)CC1. The highest BCUT2D eigenvalue weighted by Crippen LogP contribution is 2.28. The van der Waals surface area contributed by atoms with Crippen LogP contribution in [0.3, 0.4) is 0 Å². The Kier molecular flexibility index (Phi) is 6.32. The number of aliphatic hydroxyl groups is 1. The van der Waals surface area contributed by atoms with Crippen molar-refractivity contribution in [2.45, 2.75) is 57.5 Å². The van der Waals surface area contributed by atoms with Crippen LogP contribution >= 0.6 is 0 Å². The zero-order chi connectivity index (χ0) is 12.0. The van der Waals surface area contributed by atoms with Gasteiger partial charge in [0.25, 0.3) is 0 Å². The van der Waals surface area contributed by atoms with Crippen LogP contribution in [0, 0.1) is 5.92 Å². The molecule has 0 aromatic carbocycles. The van der Waals surface area contributed by atoms with E-state index in [4.69, 9.17) is 10.8 Å². The van der Waals surface area contributed by atoms with Gasteiger partial charge in [0.1, 0.15) is 0 Å². The van der Waals surface area contributed by atoms with Gasteiger partial charge in [-0.15, -0.1) is 0 Å². The van der Waals surface area contributed by atoms with Crippen LogP contribution in [0.15, 0.2) is 0 Å². The minimum Gasteiger partial charge on any atom is -0.396 e. The topological polar surface area (TPSA) is 49.5 Å². The molecule has 0 aromatic rings. The molecule has 1 aliphatic rings. The first kappa shape index (κ1) is 13.9. The number of likely N-dealkylation sites (N-methyl/N-ethyl adjacent to an activating group) is 1. The molecular formula is C13H28N2O. The Morgan fingerprint density at radius 3 is 2.44 bits per heavy atom. The van der Waals surface area contributed by atoms with Crippen LogP contribution in [0.5, 0.6) is 0 Å². The minimum absolute atomic E-state index is 0.124. The Hall–Kier alpha value is -0.120. The van der Waals surface area contributed by atoms with E-state index in [1.807, 2.05) is 0 Å². The van der Waals surface area contributed by atoms with E-state index in [1.165, 1.54) is 32.1 Å². The molecule has 96 valence electrons. The molecule has 0 amide bonds. The fraction of sp³-hybridized carbons (Fsp3) is 1.00.